The molecular formula is C11H15BrClFN2O. The smallest absolute Gasteiger partial charge is 0.252 e. The molecule has 0 radical (unpaired) electrons. The van der Waals surface area contributed by atoms with E-state index in [9.17, 15) is 9.18 Å². The van der Waals surface area contributed by atoms with E-state index >= 15 is 0 Å². The standard InChI is InChI=1S/C11H14BrFN2O.ClH/c1-11(2,6-14)15-10(16)8-4-3-7(13)5-9(8)12;/h3-5H,6,14H2,1-2H3,(H,15,16);1H. The average Bonchev–Trinajstić information content (AvgIpc) is 2.16. The molecule has 1 aromatic carbocycles. The zero-order valence-corrected chi connectivity index (χ0v) is 12.0. The van der Waals surface area contributed by atoms with Gasteiger partial charge in [0, 0.05) is 16.6 Å². The highest BCUT2D eigenvalue weighted by atomic mass is 79.9. The number of nitrogens with one attached hydrogen (secondary N) is 1. The summed E-state index contributed by atoms with van der Waals surface area (Å²) >= 11 is 3.15. The molecule has 0 aliphatic heterocycles. The van der Waals surface area contributed by atoms with Crippen molar-refractivity contribution in [3.05, 3.63) is 34.1 Å². The normalized spacial score (nSPS) is 10.6. The van der Waals surface area contributed by atoms with E-state index in [1.165, 1.54) is 18.2 Å². The Bertz CT molecular complexity index is 412. The van der Waals surface area contributed by atoms with E-state index in [1.807, 2.05) is 13.8 Å². The number of nitrogens with two attached hydrogens (primary N) is 1. The van der Waals surface area contributed by atoms with Crippen LogP contribution < -0.4 is 11.1 Å². The fourth-order valence-electron chi connectivity index (χ4n) is 1.10. The van der Waals surface area contributed by atoms with Gasteiger partial charge >= 0.3 is 0 Å². The third-order valence-electron chi connectivity index (χ3n) is 2.14. The maximum Gasteiger partial charge on any atom is 0.252 e. The van der Waals surface area contributed by atoms with Gasteiger partial charge in [-0.3, -0.25) is 4.79 Å². The van der Waals surface area contributed by atoms with E-state index in [-0.39, 0.29) is 24.1 Å². The molecule has 3 N–H and O–H groups in total. The molecule has 0 atom stereocenters. The van der Waals surface area contributed by atoms with Crippen LogP contribution in [-0.4, -0.2) is 18.0 Å². The zero-order valence-electron chi connectivity index (χ0n) is 9.59. The zero-order chi connectivity index (χ0) is 12.3. The summed E-state index contributed by atoms with van der Waals surface area (Å²) < 4.78 is 13.3. The van der Waals surface area contributed by atoms with Gasteiger partial charge in [0.1, 0.15) is 5.82 Å². The Labute approximate surface area is 114 Å². The number of hydrogen-bond acceptors (Lipinski definition) is 2. The van der Waals surface area contributed by atoms with Crippen molar-refractivity contribution >= 4 is 34.2 Å². The molecule has 17 heavy (non-hydrogen) atoms. The molecule has 0 fully saturated rings. The van der Waals surface area contributed by atoms with Gasteiger partial charge in [0.15, 0.2) is 0 Å². The van der Waals surface area contributed by atoms with E-state index in [0.29, 0.717) is 16.6 Å². The minimum absolute atomic E-state index is 0. The fourth-order valence-corrected chi connectivity index (χ4v) is 1.63. The molecule has 0 aliphatic carbocycles. The van der Waals surface area contributed by atoms with Crippen molar-refractivity contribution in [2.45, 2.75) is 19.4 Å². The van der Waals surface area contributed by atoms with Crippen LogP contribution in [0.2, 0.25) is 0 Å². The lowest BCUT2D eigenvalue weighted by molar-refractivity contribution is 0.0915. The van der Waals surface area contributed by atoms with Crippen LogP contribution in [0.15, 0.2) is 22.7 Å². The summed E-state index contributed by atoms with van der Waals surface area (Å²) in [4.78, 5) is 11.8. The third kappa shape index (κ3) is 4.61. The van der Waals surface area contributed by atoms with Crippen molar-refractivity contribution in [3.8, 4) is 0 Å². The minimum atomic E-state index is -0.481. The van der Waals surface area contributed by atoms with Gasteiger partial charge < -0.3 is 11.1 Å². The molecule has 0 spiro atoms. The highest BCUT2D eigenvalue weighted by molar-refractivity contribution is 9.10. The van der Waals surface area contributed by atoms with Crippen LogP contribution in [0.5, 0.6) is 0 Å². The van der Waals surface area contributed by atoms with Crippen LogP contribution in [0.1, 0.15) is 24.2 Å². The number of carbonyl (C=O) groups is 1. The lowest BCUT2D eigenvalue weighted by Crippen LogP contribution is -2.48. The number of rotatable bonds is 3. The molecule has 0 heterocycles. The highest BCUT2D eigenvalue weighted by Crippen LogP contribution is 2.18. The van der Waals surface area contributed by atoms with Crippen molar-refractivity contribution in [1.82, 2.24) is 5.32 Å². The predicted molar refractivity (Wildman–Crippen MR) is 71.9 cm³/mol. The van der Waals surface area contributed by atoms with Crippen molar-refractivity contribution in [2.75, 3.05) is 6.54 Å². The van der Waals surface area contributed by atoms with E-state index in [1.54, 1.807) is 0 Å². The monoisotopic (exact) mass is 324 g/mol. The molecule has 3 nitrogen and oxygen atoms in total. The first-order valence-electron chi connectivity index (χ1n) is 4.83. The summed E-state index contributed by atoms with van der Waals surface area (Å²) in [5, 5.41) is 2.77. The van der Waals surface area contributed by atoms with E-state index in [2.05, 4.69) is 21.2 Å². The van der Waals surface area contributed by atoms with Gasteiger partial charge in [0.05, 0.1) is 5.56 Å². The molecule has 0 saturated carbocycles. The summed E-state index contributed by atoms with van der Waals surface area (Å²) in [5.41, 5.74) is 5.42. The molecular weight excluding hydrogens is 310 g/mol. The number of hydrogen-bond donors (Lipinski definition) is 2. The third-order valence-corrected chi connectivity index (χ3v) is 2.79. The summed E-state index contributed by atoms with van der Waals surface area (Å²) in [6.45, 7) is 3.97. The number of halogens is 3. The first-order valence-corrected chi connectivity index (χ1v) is 5.62. The maximum atomic E-state index is 12.8. The van der Waals surface area contributed by atoms with Crippen molar-refractivity contribution < 1.29 is 9.18 Å². The topological polar surface area (TPSA) is 55.1 Å². The molecule has 1 amide bonds. The molecule has 0 bridgehead atoms. The van der Waals surface area contributed by atoms with Crippen molar-refractivity contribution in [1.29, 1.82) is 0 Å². The van der Waals surface area contributed by atoms with E-state index < -0.39 is 5.54 Å². The lowest BCUT2D eigenvalue weighted by Gasteiger charge is -2.24. The predicted octanol–water partition coefficient (Wildman–Crippen LogP) is 2.48. The lowest BCUT2D eigenvalue weighted by atomic mass is 10.1. The van der Waals surface area contributed by atoms with Gasteiger partial charge in [-0.2, -0.15) is 0 Å². The molecule has 6 heteroatoms. The highest BCUT2D eigenvalue weighted by Gasteiger charge is 2.20. The van der Waals surface area contributed by atoms with Crippen LogP contribution in [0, 0.1) is 5.82 Å². The fraction of sp³-hybridized carbons (Fsp3) is 0.364. The quantitative estimate of drug-likeness (QED) is 0.897. The number of amides is 1. The van der Waals surface area contributed by atoms with Gasteiger partial charge in [-0.15, -0.1) is 12.4 Å². The van der Waals surface area contributed by atoms with Crippen molar-refractivity contribution in [2.24, 2.45) is 5.73 Å². The Morgan fingerprint density at radius 3 is 2.59 bits per heavy atom. The van der Waals surface area contributed by atoms with E-state index in [0.717, 1.165) is 0 Å². The Kier molecular flexibility index (Phi) is 6.09. The van der Waals surface area contributed by atoms with Crippen molar-refractivity contribution in [3.63, 3.8) is 0 Å². The van der Waals surface area contributed by atoms with E-state index in [4.69, 9.17) is 5.73 Å². The van der Waals surface area contributed by atoms with Crippen LogP contribution in [-0.2, 0) is 0 Å². The van der Waals surface area contributed by atoms with Crippen LogP contribution in [0.3, 0.4) is 0 Å². The second kappa shape index (κ2) is 6.33. The Balaban J connectivity index is 0.00000256. The second-order valence-electron chi connectivity index (χ2n) is 4.17. The largest absolute Gasteiger partial charge is 0.346 e. The van der Waals surface area contributed by atoms with Gasteiger partial charge in [0.2, 0.25) is 0 Å². The number of benzene rings is 1. The Hall–Kier alpha value is -0.650. The summed E-state index contributed by atoms with van der Waals surface area (Å²) in [6.07, 6.45) is 0. The summed E-state index contributed by atoms with van der Waals surface area (Å²) in [7, 11) is 0. The average molecular weight is 326 g/mol. The molecule has 0 saturated heterocycles. The number of carbonyl (C=O) groups excluding carboxylic acids is 1. The Morgan fingerprint density at radius 1 is 1.53 bits per heavy atom. The van der Waals surface area contributed by atoms with Gasteiger partial charge in [-0.1, -0.05) is 0 Å². The summed E-state index contributed by atoms with van der Waals surface area (Å²) in [6, 6.07) is 3.93. The van der Waals surface area contributed by atoms with Gasteiger partial charge in [-0.25, -0.2) is 4.39 Å². The van der Waals surface area contributed by atoms with Crippen LogP contribution in [0.4, 0.5) is 4.39 Å². The maximum absolute atomic E-state index is 12.8. The van der Waals surface area contributed by atoms with Gasteiger partial charge in [0.25, 0.3) is 5.91 Å². The minimum Gasteiger partial charge on any atom is -0.346 e. The SMILES string of the molecule is CC(C)(CN)NC(=O)c1ccc(F)cc1Br.Cl. The molecule has 1 rings (SSSR count). The first-order chi connectivity index (χ1) is 7.35. The Morgan fingerprint density at radius 2 is 2.12 bits per heavy atom. The molecule has 96 valence electrons. The molecule has 1 aromatic rings. The van der Waals surface area contributed by atoms with Crippen LogP contribution in [0.25, 0.3) is 0 Å². The molecule has 0 aromatic heterocycles. The first kappa shape index (κ1) is 16.4. The molecule has 0 aliphatic rings. The second-order valence-corrected chi connectivity index (χ2v) is 5.02. The molecule has 0 unspecified atom stereocenters. The summed E-state index contributed by atoms with van der Waals surface area (Å²) in [5.74, 6) is -0.663. The van der Waals surface area contributed by atoms with Crippen LogP contribution >= 0.6 is 28.3 Å². The van der Waals surface area contributed by atoms with Gasteiger partial charge in [-0.05, 0) is 48.0 Å².